The lowest BCUT2D eigenvalue weighted by molar-refractivity contribution is 0.282. The van der Waals surface area contributed by atoms with E-state index in [0.29, 0.717) is 0 Å². The number of hydrogen-bond donors (Lipinski definition) is 1. The third-order valence-corrected chi connectivity index (χ3v) is 3.18. The van der Waals surface area contributed by atoms with Gasteiger partial charge in [0.1, 0.15) is 0 Å². The Morgan fingerprint density at radius 2 is 2.21 bits per heavy atom. The lowest BCUT2D eigenvalue weighted by Crippen LogP contribution is -2.09. The standard InChI is InChI=1S/C13H17O/c1-10(9-14)12-6-3-7-13(8-12)11-4-2-5-11/h3,6-8,10-11,14H,1-2,4-5,9H2. The molecule has 0 aromatic heterocycles. The molecule has 1 aromatic carbocycles. The van der Waals surface area contributed by atoms with Crippen LogP contribution in [0.4, 0.5) is 0 Å². The summed E-state index contributed by atoms with van der Waals surface area (Å²) in [5.41, 5.74) is 2.59. The van der Waals surface area contributed by atoms with E-state index in [1.807, 2.05) is 0 Å². The second kappa shape index (κ2) is 4.14. The number of rotatable bonds is 3. The second-order valence-corrected chi connectivity index (χ2v) is 4.18. The van der Waals surface area contributed by atoms with Crippen molar-refractivity contribution >= 4 is 0 Å². The van der Waals surface area contributed by atoms with Gasteiger partial charge in [0.05, 0.1) is 0 Å². The van der Waals surface area contributed by atoms with Gasteiger partial charge in [-0.1, -0.05) is 30.7 Å². The van der Waals surface area contributed by atoms with Crippen LogP contribution in [0.15, 0.2) is 24.3 Å². The minimum absolute atomic E-state index is 0.0232. The van der Waals surface area contributed by atoms with Crippen molar-refractivity contribution in [2.75, 3.05) is 6.61 Å². The van der Waals surface area contributed by atoms with E-state index in [1.54, 1.807) is 0 Å². The lowest BCUT2D eigenvalue weighted by Gasteiger charge is -2.26. The van der Waals surface area contributed by atoms with E-state index >= 15 is 0 Å². The zero-order valence-electron chi connectivity index (χ0n) is 8.45. The summed E-state index contributed by atoms with van der Waals surface area (Å²) in [4.78, 5) is 0. The molecule has 0 heterocycles. The number of aliphatic hydroxyl groups excluding tert-OH is 1. The third kappa shape index (κ3) is 1.83. The maximum Gasteiger partial charge on any atom is 0.0499 e. The number of hydrogen-bond acceptors (Lipinski definition) is 1. The first-order valence-corrected chi connectivity index (χ1v) is 5.35. The molecule has 0 bridgehead atoms. The molecule has 0 aliphatic heterocycles. The van der Waals surface area contributed by atoms with Gasteiger partial charge in [-0.3, -0.25) is 0 Å². The predicted molar refractivity (Wildman–Crippen MR) is 58.2 cm³/mol. The van der Waals surface area contributed by atoms with Crippen LogP contribution in [-0.4, -0.2) is 11.7 Å². The van der Waals surface area contributed by atoms with Crippen LogP contribution in [0.1, 0.15) is 42.2 Å². The fraction of sp³-hybridized carbons (Fsp3) is 0.462. The van der Waals surface area contributed by atoms with Crippen LogP contribution in [0.5, 0.6) is 0 Å². The molecule has 1 aromatic rings. The molecular weight excluding hydrogens is 172 g/mol. The highest BCUT2D eigenvalue weighted by atomic mass is 16.3. The smallest absolute Gasteiger partial charge is 0.0499 e. The maximum atomic E-state index is 9.03. The van der Waals surface area contributed by atoms with Gasteiger partial charge in [-0.15, -0.1) is 0 Å². The zero-order chi connectivity index (χ0) is 9.97. The van der Waals surface area contributed by atoms with Gasteiger partial charge in [0.2, 0.25) is 0 Å². The van der Waals surface area contributed by atoms with Crippen molar-refractivity contribution in [3.05, 3.63) is 42.3 Å². The minimum Gasteiger partial charge on any atom is -0.396 e. The SMILES string of the molecule is [CH2]C(CO)c1cccc(C2CCC2)c1. The average Bonchev–Trinajstić information content (AvgIpc) is 2.14. The summed E-state index contributed by atoms with van der Waals surface area (Å²) in [5, 5.41) is 9.03. The Labute approximate surface area is 85.8 Å². The van der Waals surface area contributed by atoms with Crippen LogP contribution in [-0.2, 0) is 0 Å². The molecule has 2 rings (SSSR count). The molecule has 1 nitrogen and oxygen atoms in total. The minimum atomic E-state index is 0.0232. The first kappa shape index (κ1) is 9.72. The normalized spacial score (nSPS) is 19.0. The first-order chi connectivity index (χ1) is 6.81. The summed E-state index contributed by atoms with van der Waals surface area (Å²) in [5.74, 6) is 0.788. The van der Waals surface area contributed by atoms with Crippen molar-refractivity contribution in [2.24, 2.45) is 0 Å². The Bertz CT molecular complexity index is 282. The second-order valence-electron chi connectivity index (χ2n) is 4.18. The summed E-state index contributed by atoms with van der Waals surface area (Å²) in [7, 11) is 0. The summed E-state index contributed by atoms with van der Waals surface area (Å²) in [6.07, 6.45) is 4.01. The lowest BCUT2D eigenvalue weighted by atomic mass is 9.79. The topological polar surface area (TPSA) is 20.2 Å². The quantitative estimate of drug-likeness (QED) is 0.775. The third-order valence-electron chi connectivity index (χ3n) is 3.18. The van der Waals surface area contributed by atoms with E-state index < -0.39 is 0 Å². The van der Waals surface area contributed by atoms with Crippen LogP contribution < -0.4 is 0 Å². The summed E-state index contributed by atoms with van der Waals surface area (Å²) >= 11 is 0. The van der Waals surface area contributed by atoms with Crippen molar-refractivity contribution in [1.29, 1.82) is 0 Å². The zero-order valence-corrected chi connectivity index (χ0v) is 8.45. The molecule has 1 aliphatic rings. The largest absolute Gasteiger partial charge is 0.396 e. The molecule has 1 N–H and O–H groups in total. The number of aliphatic hydroxyl groups is 1. The van der Waals surface area contributed by atoms with E-state index in [1.165, 1.54) is 24.8 Å². The molecule has 1 radical (unpaired) electrons. The highest BCUT2D eigenvalue weighted by molar-refractivity contribution is 5.30. The average molecular weight is 189 g/mol. The molecule has 1 aliphatic carbocycles. The molecule has 0 amide bonds. The summed E-state index contributed by atoms with van der Waals surface area (Å²) < 4.78 is 0. The Hall–Kier alpha value is -0.820. The van der Waals surface area contributed by atoms with Crippen LogP contribution in [0.25, 0.3) is 0 Å². The highest BCUT2D eigenvalue weighted by Gasteiger charge is 2.19. The summed E-state index contributed by atoms with van der Waals surface area (Å²) in [6, 6.07) is 8.53. The Morgan fingerprint density at radius 1 is 1.43 bits per heavy atom. The first-order valence-electron chi connectivity index (χ1n) is 5.35. The van der Waals surface area contributed by atoms with E-state index in [4.69, 9.17) is 5.11 Å². The van der Waals surface area contributed by atoms with Gasteiger partial charge in [-0.25, -0.2) is 0 Å². The molecule has 1 heteroatoms. The molecule has 1 atom stereocenters. The van der Waals surface area contributed by atoms with E-state index in [9.17, 15) is 0 Å². The monoisotopic (exact) mass is 189 g/mol. The van der Waals surface area contributed by atoms with Gasteiger partial charge in [0, 0.05) is 12.5 Å². The van der Waals surface area contributed by atoms with Crippen LogP contribution in [0, 0.1) is 6.92 Å². The molecule has 75 valence electrons. The van der Waals surface area contributed by atoms with Gasteiger partial charge in [0.15, 0.2) is 0 Å². The Balaban J connectivity index is 2.17. The van der Waals surface area contributed by atoms with Crippen LogP contribution >= 0.6 is 0 Å². The van der Waals surface area contributed by atoms with Crippen molar-refractivity contribution in [2.45, 2.75) is 31.1 Å². The molecule has 1 fully saturated rings. The predicted octanol–water partition coefficient (Wildman–Crippen LogP) is 2.86. The molecular formula is C13H17O. The van der Waals surface area contributed by atoms with E-state index in [0.717, 1.165) is 11.5 Å². The van der Waals surface area contributed by atoms with Crippen molar-refractivity contribution in [1.82, 2.24) is 0 Å². The van der Waals surface area contributed by atoms with Crippen LogP contribution in [0.2, 0.25) is 0 Å². The highest BCUT2D eigenvalue weighted by Crippen LogP contribution is 2.36. The van der Waals surface area contributed by atoms with Gasteiger partial charge < -0.3 is 5.11 Å². The molecule has 0 saturated heterocycles. The fourth-order valence-corrected chi connectivity index (χ4v) is 1.91. The molecule has 0 spiro atoms. The Morgan fingerprint density at radius 3 is 2.79 bits per heavy atom. The number of benzene rings is 1. The van der Waals surface area contributed by atoms with Crippen LogP contribution in [0.3, 0.4) is 0 Å². The molecule has 1 unspecified atom stereocenters. The van der Waals surface area contributed by atoms with Gasteiger partial charge in [-0.2, -0.15) is 0 Å². The van der Waals surface area contributed by atoms with Gasteiger partial charge in [0.25, 0.3) is 0 Å². The van der Waals surface area contributed by atoms with Gasteiger partial charge in [-0.05, 0) is 36.8 Å². The van der Waals surface area contributed by atoms with Crippen molar-refractivity contribution in [3.63, 3.8) is 0 Å². The Kier molecular flexibility index (Phi) is 2.87. The van der Waals surface area contributed by atoms with Crippen molar-refractivity contribution < 1.29 is 5.11 Å². The van der Waals surface area contributed by atoms with E-state index in [2.05, 4.69) is 31.2 Å². The molecule has 14 heavy (non-hydrogen) atoms. The summed E-state index contributed by atoms with van der Waals surface area (Å²) in [6.45, 7) is 4.05. The van der Waals surface area contributed by atoms with E-state index in [-0.39, 0.29) is 12.5 Å². The van der Waals surface area contributed by atoms with Gasteiger partial charge >= 0.3 is 0 Å². The molecule has 1 saturated carbocycles. The maximum absolute atomic E-state index is 9.03. The van der Waals surface area contributed by atoms with Crippen molar-refractivity contribution in [3.8, 4) is 0 Å². The fourth-order valence-electron chi connectivity index (χ4n) is 1.91.